The highest BCUT2D eigenvalue weighted by Gasteiger charge is 2.35. The summed E-state index contributed by atoms with van der Waals surface area (Å²) in [4.78, 5) is 0. The number of benzene rings is 1. The molecule has 1 aromatic rings. The second kappa shape index (κ2) is 6.68. The van der Waals surface area contributed by atoms with Crippen LogP contribution >= 0.6 is 0 Å². The molecular formula is C20H28N. The van der Waals surface area contributed by atoms with Crippen LogP contribution in [0.1, 0.15) is 70.8 Å². The average Bonchev–Trinajstić information content (AvgIpc) is 3.05. The molecule has 0 aromatic heterocycles. The predicted molar refractivity (Wildman–Crippen MR) is 90.4 cm³/mol. The first-order valence-electron chi connectivity index (χ1n) is 8.85. The molecule has 1 aliphatic carbocycles. The molecule has 1 nitrogen and oxygen atoms in total. The number of rotatable bonds is 7. The van der Waals surface area contributed by atoms with Gasteiger partial charge >= 0.3 is 0 Å². The molecule has 1 radical (unpaired) electrons. The quantitative estimate of drug-likeness (QED) is 0.540. The van der Waals surface area contributed by atoms with Crippen molar-refractivity contribution in [3.8, 4) is 0 Å². The van der Waals surface area contributed by atoms with E-state index >= 15 is 0 Å². The van der Waals surface area contributed by atoms with Crippen molar-refractivity contribution in [1.29, 1.82) is 0 Å². The lowest BCUT2D eigenvalue weighted by atomic mass is 9.82. The lowest BCUT2D eigenvalue weighted by Gasteiger charge is -2.22. The predicted octanol–water partition coefficient (Wildman–Crippen LogP) is 6.05. The minimum absolute atomic E-state index is 0.749. The first kappa shape index (κ1) is 14.7. The van der Waals surface area contributed by atoms with Crippen LogP contribution in [0, 0.1) is 11.8 Å². The Kier molecular flexibility index (Phi) is 4.67. The van der Waals surface area contributed by atoms with E-state index in [2.05, 4.69) is 38.1 Å². The van der Waals surface area contributed by atoms with E-state index in [1.165, 1.54) is 68.3 Å². The fraction of sp³-hybridized carbons (Fsp3) is 0.600. The lowest BCUT2D eigenvalue weighted by molar-refractivity contribution is 0.386. The Hall–Kier alpha value is -1.24. The van der Waals surface area contributed by atoms with Gasteiger partial charge in [-0.1, -0.05) is 70.6 Å². The molecule has 113 valence electrons. The summed E-state index contributed by atoms with van der Waals surface area (Å²) in [5.74, 6) is 1.55. The standard InChI is InChI=1S/C20H28N/c1-3-4-5-6-7-10-15(2)16-13-14-19-20(16)17-11-8-9-12-18(17)21-19/h8-9,11-12,15-16H,3-7,10,13-14H2,1-2H3. The highest BCUT2D eigenvalue weighted by atomic mass is 14.9. The molecule has 0 N–H and O–H groups in total. The largest absolute Gasteiger partial charge is 0.253 e. The summed E-state index contributed by atoms with van der Waals surface area (Å²) >= 11 is 0. The Balaban J connectivity index is 1.60. The van der Waals surface area contributed by atoms with Crippen LogP contribution in [0.15, 0.2) is 30.0 Å². The molecule has 2 unspecified atom stereocenters. The highest BCUT2D eigenvalue weighted by Crippen LogP contribution is 2.50. The van der Waals surface area contributed by atoms with Crippen LogP contribution in [0.2, 0.25) is 0 Å². The van der Waals surface area contributed by atoms with E-state index in [4.69, 9.17) is 5.32 Å². The molecule has 0 saturated heterocycles. The third kappa shape index (κ3) is 3.02. The van der Waals surface area contributed by atoms with Crippen LogP contribution in [0.25, 0.3) is 5.57 Å². The Morgan fingerprint density at radius 2 is 1.95 bits per heavy atom. The molecular weight excluding hydrogens is 254 g/mol. The van der Waals surface area contributed by atoms with Crippen molar-refractivity contribution >= 4 is 11.3 Å². The summed E-state index contributed by atoms with van der Waals surface area (Å²) in [5, 5.41) is 4.85. The van der Waals surface area contributed by atoms with E-state index in [0.29, 0.717) is 0 Å². The number of hydrogen-bond donors (Lipinski definition) is 0. The summed E-state index contributed by atoms with van der Waals surface area (Å²) in [5.41, 5.74) is 5.61. The zero-order valence-corrected chi connectivity index (χ0v) is 13.6. The second-order valence-corrected chi connectivity index (χ2v) is 6.81. The van der Waals surface area contributed by atoms with Crippen LogP contribution in [-0.4, -0.2) is 0 Å². The summed E-state index contributed by atoms with van der Waals surface area (Å²) in [6.07, 6.45) is 10.9. The maximum Gasteiger partial charge on any atom is 0.0708 e. The van der Waals surface area contributed by atoms with Gasteiger partial charge in [0.15, 0.2) is 0 Å². The van der Waals surface area contributed by atoms with Gasteiger partial charge in [-0.15, -0.1) is 0 Å². The maximum absolute atomic E-state index is 4.85. The second-order valence-electron chi connectivity index (χ2n) is 6.81. The number of para-hydroxylation sites is 1. The third-order valence-electron chi connectivity index (χ3n) is 5.27. The molecule has 2 aliphatic rings. The van der Waals surface area contributed by atoms with Crippen molar-refractivity contribution in [2.75, 3.05) is 0 Å². The normalized spacial score (nSPS) is 21.1. The lowest BCUT2D eigenvalue weighted by Crippen LogP contribution is -2.10. The first-order chi connectivity index (χ1) is 10.3. The van der Waals surface area contributed by atoms with Crippen LogP contribution < -0.4 is 5.32 Å². The van der Waals surface area contributed by atoms with Gasteiger partial charge < -0.3 is 0 Å². The van der Waals surface area contributed by atoms with Gasteiger partial charge in [0.1, 0.15) is 0 Å². The Morgan fingerprint density at radius 1 is 1.14 bits per heavy atom. The van der Waals surface area contributed by atoms with E-state index in [1.807, 2.05) is 0 Å². The number of unbranched alkanes of at least 4 members (excludes halogenated alkanes) is 4. The fourth-order valence-corrected chi connectivity index (χ4v) is 4.04. The molecule has 3 rings (SSSR count). The Morgan fingerprint density at radius 3 is 2.81 bits per heavy atom. The van der Waals surface area contributed by atoms with Crippen molar-refractivity contribution in [3.63, 3.8) is 0 Å². The monoisotopic (exact) mass is 282 g/mol. The number of fused-ring (bicyclic) bond motifs is 2. The molecule has 0 spiro atoms. The maximum atomic E-state index is 4.85. The molecule has 2 atom stereocenters. The molecule has 21 heavy (non-hydrogen) atoms. The summed E-state index contributed by atoms with van der Waals surface area (Å²) in [6, 6.07) is 8.71. The molecule has 0 bridgehead atoms. The number of nitrogens with zero attached hydrogens (tertiary/aromatic N) is 1. The van der Waals surface area contributed by atoms with Gasteiger partial charge in [-0.3, -0.25) is 5.32 Å². The molecule has 0 saturated carbocycles. The summed E-state index contributed by atoms with van der Waals surface area (Å²) in [6.45, 7) is 4.75. The fourth-order valence-electron chi connectivity index (χ4n) is 4.04. The Bertz CT molecular complexity index is 514. The molecule has 1 aliphatic heterocycles. The highest BCUT2D eigenvalue weighted by molar-refractivity contribution is 5.84. The van der Waals surface area contributed by atoms with Crippen molar-refractivity contribution < 1.29 is 0 Å². The van der Waals surface area contributed by atoms with Crippen molar-refractivity contribution in [2.24, 2.45) is 11.8 Å². The molecule has 0 amide bonds. The first-order valence-corrected chi connectivity index (χ1v) is 8.85. The van der Waals surface area contributed by atoms with Gasteiger partial charge in [-0.05, 0) is 36.3 Å². The topological polar surface area (TPSA) is 14.1 Å². The minimum Gasteiger partial charge on any atom is -0.253 e. The van der Waals surface area contributed by atoms with E-state index in [0.717, 1.165) is 11.8 Å². The number of allylic oxidation sites excluding steroid dienone is 2. The molecule has 1 heteroatoms. The zero-order chi connectivity index (χ0) is 14.7. The smallest absolute Gasteiger partial charge is 0.0708 e. The SMILES string of the molecule is CCCCCCCC(C)C1CCC2=C1c1ccccc1[N]2. The van der Waals surface area contributed by atoms with Crippen molar-refractivity contribution in [3.05, 3.63) is 35.5 Å². The van der Waals surface area contributed by atoms with Gasteiger partial charge in [-0.2, -0.15) is 0 Å². The minimum atomic E-state index is 0.749. The van der Waals surface area contributed by atoms with Gasteiger partial charge in [0.05, 0.1) is 5.69 Å². The zero-order valence-electron chi connectivity index (χ0n) is 13.6. The summed E-state index contributed by atoms with van der Waals surface area (Å²) < 4.78 is 0. The van der Waals surface area contributed by atoms with Gasteiger partial charge in [0.2, 0.25) is 0 Å². The van der Waals surface area contributed by atoms with Crippen molar-refractivity contribution in [2.45, 2.75) is 65.2 Å². The van der Waals surface area contributed by atoms with Gasteiger partial charge in [0, 0.05) is 11.3 Å². The van der Waals surface area contributed by atoms with E-state index < -0.39 is 0 Å². The van der Waals surface area contributed by atoms with Gasteiger partial charge in [-0.25, -0.2) is 0 Å². The van der Waals surface area contributed by atoms with E-state index in [-0.39, 0.29) is 0 Å². The van der Waals surface area contributed by atoms with Crippen LogP contribution in [0.5, 0.6) is 0 Å². The van der Waals surface area contributed by atoms with Crippen LogP contribution in [0.4, 0.5) is 5.69 Å². The Labute approximate surface area is 129 Å². The van der Waals surface area contributed by atoms with Gasteiger partial charge in [0.25, 0.3) is 0 Å². The number of hydrogen-bond acceptors (Lipinski definition) is 0. The van der Waals surface area contributed by atoms with E-state index in [9.17, 15) is 0 Å². The molecule has 1 aromatic carbocycles. The molecule has 1 heterocycles. The molecule has 0 fully saturated rings. The average molecular weight is 282 g/mol. The van der Waals surface area contributed by atoms with E-state index in [1.54, 1.807) is 5.57 Å². The third-order valence-corrected chi connectivity index (χ3v) is 5.27. The van der Waals surface area contributed by atoms with Crippen molar-refractivity contribution in [1.82, 2.24) is 5.32 Å². The van der Waals surface area contributed by atoms with Crippen LogP contribution in [0.3, 0.4) is 0 Å². The van der Waals surface area contributed by atoms with Crippen LogP contribution in [-0.2, 0) is 0 Å². The summed E-state index contributed by atoms with van der Waals surface area (Å²) in [7, 11) is 0.